The topological polar surface area (TPSA) is 51.8 Å². The minimum atomic E-state index is -0.272. The van der Waals surface area contributed by atoms with E-state index >= 15 is 0 Å². The van der Waals surface area contributed by atoms with Crippen molar-refractivity contribution in [3.8, 4) is 0 Å². The van der Waals surface area contributed by atoms with Crippen molar-refractivity contribution >= 4 is 28.4 Å². The summed E-state index contributed by atoms with van der Waals surface area (Å²) in [4.78, 5) is 4.43. The number of nitrogens with two attached hydrogens (primary N) is 1. The van der Waals surface area contributed by atoms with Crippen molar-refractivity contribution in [2.75, 3.05) is 5.73 Å². The molecule has 0 saturated heterocycles. The van der Waals surface area contributed by atoms with E-state index in [4.69, 9.17) is 5.73 Å². The summed E-state index contributed by atoms with van der Waals surface area (Å²) in [6.07, 6.45) is 0. The zero-order chi connectivity index (χ0) is 9.97. The van der Waals surface area contributed by atoms with Gasteiger partial charge in [-0.25, -0.2) is 4.39 Å². The van der Waals surface area contributed by atoms with Gasteiger partial charge in [-0.05, 0) is 23.9 Å². The van der Waals surface area contributed by atoms with Crippen LogP contribution in [0.25, 0.3) is 0 Å². The average Bonchev–Trinajstić information content (AvgIpc) is 2.56. The highest BCUT2D eigenvalue weighted by Gasteiger charge is 2.06. The Kier molecular flexibility index (Phi) is 2.64. The van der Waals surface area contributed by atoms with Gasteiger partial charge in [-0.3, -0.25) is 0 Å². The SMILES string of the molecule is Nc1nc(Sc2ccccc2F)ns1. The number of halogens is 1. The summed E-state index contributed by atoms with van der Waals surface area (Å²) in [5, 5.41) is 0.876. The van der Waals surface area contributed by atoms with Crippen LogP contribution >= 0.6 is 23.3 Å². The fourth-order valence-corrected chi connectivity index (χ4v) is 2.20. The van der Waals surface area contributed by atoms with Crippen LogP contribution in [0.2, 0.25) is 0 Å². The highest BCUT2D eigenvalue weighted by Crippen LogP contribution is 2.28. The van der Waals surface area contributed by atoms with E-state index in [0.717, 1.165) is 11.5 Å². The Morgan fingerprint density at radius 1 is 1.36 bits per heavy atom. The number of anilines is 1. The first kappa shape index (κ1) is 9.42. The monoisotopic (exact) mass is 227 g/mol. The van der Waals surface area contributed by atoms with Gasteiger partial charge in [0.1, 0.15) is 5.82 Å². The average molecular weight is 227 g/mol. The molecule has 0 amide bonds. The second kappa shape index (κ2) is 3.93. The molecule has 0 atom stereocenters. The molecule has 0 aliphatic carbocycles. The molecule has 0 spiro atoms. The van der Waals surface area contributed by atoms with Crippen molar-refractivity contribution in [2.24, 2.45) is 0 Å². The van der Waals surface area contributed by atoms with Crippen LogP contribution in [-0.2, 0) is 0 Å². The first-order valence-electron chi connectivity index (χ1n) is 3.77. The number of hydrogen-bond donors (Lipinski definition) is 1. The summed E-state index contributed by atoms with van der Waals surface area (Å²) in [5.41, 5.74) is 5.41. The third-order valence-electron chi connectivity index (χ3n) is 1.46. The third-order valence-corrected chi connectivity index (χ3v) is 3.04. The molecule has 3 nitrogen and oxygen atoms in total. The van der Waals surface area contributed by atoms with Gasteiger partial charge in [0.15, 0.2) is 0 Å². The zero-order valence-electron chi connectivity index (χ0n) is 6.98. The van der Waals surface area contributed by atoms with Crippen molar-refractivity contribution < 1.29 is 4.39 Å². The Bertz CT molecular complexity index is 444. The van der Waals surface area contributed by atoms with Gasteiger partial charge < -0.3 is 5.73 Å². The molecule has 0 radical (unpaired) electrons. The number of nitrogens with zero attached hydrogens (tertiary/aromatic N) is 2. The Balaban J connectivity index is 2.23. The maximum atomic E-state index is 13.2. The van der Waals surface area contributed by atoms with E-state index in [9.17, 15) is 4.39 Å². The van der Waals surface area contributed by atoms with Gasteiger partial charge in [-0.1, -0.05) is 12.1 Å². The lowest BCUT2D eigenvalue weighted by Crippen LogP contribution is -1.83. The van der Waals surface area contributed by atoms with Crippen LogP contribution in [0.5, 0.6) is 0 Å². The molecule has 72 valence electrons. The molecule has 14 heavy (non-hydrogen) atoms. The van der Waals surface area contributed by atoms with Crippen molar-refractivity contribution in [3.05, 3.63) is 30.1 Å². The highest BCUT2D eigenvalue weighted by molar-refractivity contribution is 7.99. The molecule has 1 heterocycles. The number of rotatable bonds is 2. The summed E-state index contributed by atoms with van der Waals surface area (Å²) in [6, 6.07) is 6.48. The van der Waals surface area contributed by atoms with E-state index in [-0.39, 0.29) is 5.82 Å². The second-order valence-corrected chi connectivity index (χ2v) is 4.24. The third kappa shape index (κ3) is 2.02. The summed E-state index contributed by atoms with van der Waals surface area (Å²) in [7, 11) is 0. The van der Waals surface area contributed by atoms with E-state index < -0.39 is 0 Å². The van der Waals surface area contributed by atoms with Crippen LogP contribution in [0.3, 0.4) is 0 Å². The smallest absolute Gasteiger partial charge is 0.206 e. The summed E-state index contributed by atoms with van der Waals surface area (Å²) >= 11 is 2.27. The van der Waals surface area contributed by atoms with Gasteiger partial charge in [0.2, 0.25) is 10.3 Å². The van der Waals surface area contributed by atoms with E-state index in [1.54, 1.807) is 18.2 Å². The van der Waals surface area contributed by atoms with E-state index in [1.165, 1.54) is 17.8 Å². The molecular weight excluding hydrogens is 221 g/mol. The lowest BCUT2D eigenvalue weighted by molar-refractivity contribution is 0.602. The lowest BCUT2D eigenvalue weighted by Gasteiger charge is -1.97. The summed E-state index contributed by atoms with van der Waals surface area (Å²) in [5.74, 6) is -0.272. The van der Waals surface area contributed by atoms with E-state index in [0.29, 0.717) is 15.2 Å². The molecular formula is C8H6FN3S2. The molecule has 6 heteroatoms. The fourth-order valence-electron chi connectivity index (χ4n) is 0.888. The number of nitrogen functional groups attached to an aromatic ring is 1. The normalized spacial score (nSPS) is 10.4. The van der Waals surface area contributed by atoms with Gasteiger partial charge in [0.25, 0.3) is 0 Å². The summed E-state index contributed by atoms with van der Waals surface area (Å²) < 4.78 is 17.1. The fraction of sp³-hybridized carbons (Fsp3) is 0. The largest absolute Gasteiger partial charge is 0.374 e. The molecule has 0 fully saturated rings. The predicted octanol–water partition coefficient (Wildman–Crippen LogP) is 2.41. The van der Waals surface area contributed by atoms with Crippen molar-refractivity contribution in [3.63, 3.8) is 0 Å². The van der Waals surface area contributed by atoms with Crippen molar-refractivity contribution in [2.45, 2.75) is 10.1 Å². The van der Waals surface area contributed by atoms with Gasteiger partial charge in [0, 0.05) is 11.5 Å². The van der Waals surface area contributed by atoms with Gasteiger partial charge in [0.05, 0.1) is 4.90 Å². The standard InChI is InChI=1S/C8H6FN3S2/c9-5-3-1-2-4-6(5)13-8-11-7(10)14-12-8/h1-4H,(H2,10,11,12). The van der Waals surface area contributed by atoms with Crippen LogP contribution in [-0.4, -0.2) is 9.36 Å². The lowest BCUT2D eigenvalue weighted by atomic mass is 10.4. The first-order valence-corrected chi connectivity index (χ1v) is 5.36. The Morgan fingerprint density at radius 3 is 2.79 bits per heavy atom. The van der Waals surface area contributed by atoms with Crippen LogP contribution in [0.15, 0.2) is 34.3 Å². The zero-order valence-corrected chi connectivity index (χ0v) is 8.61. The maximum Gasteiger partial charge on any atom is 0.206 e. The van der Waals surface area contributed by atoms with Crippen molar-refractivity contribution in [1.82, 2.24) is 9.36 Å². The number of hydrogen-bond acceptors (Lipinski definition) is 5. The molecule has 0 bridgehead atoms. The predicted molar refractivity (Wildman–Crippen MR) is 54.8 cm³/mol. The molecule has 2 aromatic rings. The van der Waals surface area contributed by atoms with Crippen LogP contribution in [0.4, 0.5) is 9.52 Å². The quantitative estimate of drug-likeness (QED) is 0.856. The molecule has 2 N–H and O–H groups in total. The van der Waals surface area contributed by atoms with Gasteiger partial charge >= 0.3 is 0 Å². The highest BCUT2D eigenvalue weighted by atomic mass is 32.2. The molecule has 1 aromatic heterocycles. The maximum absolute atomic E-state index is 13.2. The Hall–Kier alpha value is -1.14. The summed E-state index contributed by atoms with van der Waals surface area (Å²) in [6.45, 7) is 0. The molecule has 0 aliphatic rings. The number of benzene rings is 1. The molecule has 2 rings (SSSR count). The van der Waals surface area contributed by atoms with Crippen LogP contribution < -0.4 is 5.73 Å². The molecule has 0 saturated carbocycles. The Morgan fingerprint density at radius 2 is 2.14 bits per heavy atom. The van der Waals surface area contributed by atoms with Gasteiger partial charge in [-0.2, -0.15) is 9.36 Å². The second-order valence-electron chi connectivity index (χ2n) is 2.45. The molecule has 0 unspecified atom stereocenters. The molecule has 1 aromatic carbocycles. The number of aromatic nitrogens is 2. The first-order chi connectivity index (χ1) is 6.75. The van der Waals surface area contributed by atoms with Crippen molar-refractivity contribution in [1.29, 1.82) is 0 Å². The van der Waals surface area contributed by atoms with E-state index in [1.807, 2.05) is 0 Å². The van der Waals surface area contributed by atoms with Crippen LogP contribution in [0.1, 0.15) is 0 Å². The van der Waals surface area contributed by atoms with Crippen LogP contribution in [0, 0.1) is 5.82 Å². The minimum Gasteiger partial charge on any atom is -0.374 e. The van der Waals surface area contributed by atoms with Gasteiger partial charge in [-0.15, -0.1) is 0 Å². The minimum absolute atomic E-state index is 0.272. The Labute approximate surface area is 88.3 Å². The van der Waals surface area contributed by atoms with E-state index in [2.05, 4.69) is 9.36 Å². The molecule has 0 aliphatic heterocycles.